The third-order valence-electron chi connectivity index (χ3n) is 3.11. The quantitative estimate of drug-likeness (QED) is 0.814. The number of methoxy groups -OCH3 is 2. The number of hydrogen-bond acceptors (Lipinski definition) is 2. The Labute approximate surface area is 97.3 Å². The van der Waals surface area contributed by atoms with E-state index in [-0.39, 0.29) is 0 Å². The molecule has 0 bridgehead atoms. The molecular weight excluding hydrogens is 233 g/mol. The Bertz CT molecular complexity index is 422. The maximum absolute atomic E-state index is 12.6. The molecule has 0 radical (unpaired) electrons. The fourth-order valence-corrected chi connectivity index (χ4v) is 1.94. The van der Waals surface area contributed by atoms with Gasteiger partial charge in [0.2, 0.25) is 0 Å². The maximum Gasteiger partial charge on any atom is 0.416 e. The van der Waals surface area contributed by atoms with Crippen molar-refractivity contribution in [3.8, 4) is 5.75 Å². The van der Waals surface area contributed by atoms with Crippen LogP contribution in [0.3, 0.4) is 0 Å². The fraction of sp³-hybridized carbons (Fsp3) is 0.500. The molecule has 0 spiro atoms. The van der Waals surface area contributed by atoms with E-state index in [1.165, 1.54) is 20.3 Å². The first-order valence-corrected chi connectivity index (χ1v) is 5.24. The summed E-state index contributed by atoms with van der Waals surface area (Å²) in [5.41, 5.74) is -0.777. The Morgan fingerprint density at radius 2 is 1.82 bits per heavy atom. The normalized spacial score (nSPS) is 17.9. The van der Waals surface area contributed by atoms with Gasteiger partial charge in [-0.25, -0.2) is 0 Å². The van der Waals surface area contributed by atoms with Crippen molar-refractivity contribution in [2.24, 2.45) is 0 Å². The molecule has 0 unspecified atom stereocenters. The van der Waals surface area contributed by atoms with Gasteiger partial charge in [-0.3, -0.25) is 0 Å². The van der Waals surface area contributed by atoms with Gasteiger partial charge < -0.3 is 9.47 Å². The van der Waals surface area contributed by atoms with Gasteiger partial charge in [0, 0.05) is 12.7 Å². The molecular formula is C12H13F3O2. The van der Waals surface area contributed by atoms with Crippen LogP contribution in [-0.4, -0.2) is 14.2 Å². The van der Waals surface area contributed by atoms with Crippen molar-refractivity contribution in [1.29, 1.82) is 0 Å². The lowest BCUT2D eigenvalue weighted by molar-refractivity contribution is -0.137. The average Bonchev–Trinajstić information content (AvgIpc) is 3.08. The van der Waals surface area contributed by atoms with E-state index >= 15 is 0 Å². The van der Waals surface area contributed by atoms with Gasteiger partial charge in [-0.15, -0.1) is 0 Å². The van der Waals surface area contributed by atoms with E-state index in [2.05, 4.69) is 0 Å². The SMILES string of the molecule is COc1ccc(C(F)(F)F)cc1C1(OC)CC1. The third-order valence-corrected chi connectivity index (χ3v) is 3.11. The summed E-state index contributed by atoms with van der Waals surface area (Å²) in [6, 6.07) is 3.49. The monoisotopic (exact) mass is 246 g/mol. The fourth-order valence-electron chi connectivity index (χ4n) is 1.94. The summed E-state index contributed by atoms with van der Waals surface area (Å²) in [4.78, 5) is 0. The zero-order valence-corrected chi connectivity index (χ0v) is 9.60. The molecule has 0 aromatic heterocycles. The van der Waals surface area contributed by atoms with Crippen LogP contribution in [0.5, 0.6) is 5.75 Å². The molecule has 0 amide bonds. The van der Waals surface area contributed by atoms with Crippen molar-refractivity contribution < 1.29 is 22.6 Å². The van der Waals surface area contributed by atoms with Gasteiger partial charge in [-0.05, 0) is 31.0 Å². The number of benzene rings is 1. The first kappa shape index (κ1) is 12.2. The second-order valence-electron chi connectivity index (χ2n) is 4.11. The summed E-state index contributed by atoms with van der Waals surface area (Å²) in [6.45, 7) is 0. The van der Waals surface area contributed by atoms with Gasteiger partial charge >= 0.3 is 6.18 Å². The molecule has 1 aromatic carbocycles. The highest BCUT2D eigenvalue weighted by atomic mass is 19.4. The molecule has 1 saturated carbocycles. The summed E-state index contributed by atoms with van der Waals surface area (Å²) in [6.07, 6.45) is -2.90. The molecule has 5 heteroatoms. The molecule has 17 heavy (non-hydrogen) atoms. The first-order chi connectivity index (χ1) is 7.93. The number of hydrogen-bond donors (Lipinski definition) is 0. The number of alkyl halides is 3. The van der Waals surface area contributed by atoms with Crippen LogP contribution in [-0.2, 0) is 16.5 Å². The largest absolute Gasteiger partial charge is 0.496 e. The molecule has 0 aliphatic heterocycles. The standard InChI is InChI=1S/C12H13F3O2/c1-16-10-4-3-8(12(13,14)15)7-9(10)11(17-2)5-6-11/h3-4,7H,5-6H2,1-2H3. The van der Waals surface area contributed by atoms with E-state index in [0.717, 1.165) is 25.0 Å². The van der Waals surface area contributed by atoms with Gasteiger partial charge in [0.15, 0.2) is 0 Å². The lowest BCUT2D eigenvalue weighted by Gasteiger charge is -2.19. The maximum atomic E-state index is 12.6. The van der Waals surface area contributed by atoms with Crippen molar-refractivity contribution in [2.75, 3.05) is 14.2 Å². The molecule has 1 aliphatic carbocycles. The number of rotatable bonds is 3. The molecule has 0 saturated heterocycles. The van der Waals surface area contributed by atoms with Crippen LogP contribution in [0.2, 0.25) is 0 Å². The van der Waals surface area contributed by atoms with Crippen LogP contribution in [0.1, 0.15) is 24.0 Å². The Morgan fingerprint density at radius 1 is 1.18 bits per heavy atom. The highest BCUT2D eigenvalue weighted by molar-refractivity contribution is 5.44. The van der Waals surface area contributed by atoms with Gasteiger partial charge in [-0.1, -0.05) is 0 Å². The van der Waals surface area contributed by atoms with Crippen molar-refractivity contribution in [2.45, 2.75) is 24.6 Å². The predicted molar refractivity (Wildman–Crippen MR) is 55.9 cm³/mol. The zero-order valence-electron chi connectivity index (χ0n) is 9.60. The van der Waals surface area contributed by atoms with E-state index < -0.39 is 17.3 Å². The minimum atomic E-state index is -4.34. The molecule has 0 atom stereocenters. The van der Waals surface area contributed by atoms with E-state index in [4.69, 9.17) is 9.47 Å². The third kappa shape index (κ3) is 2.11. The topological polar surface area (TPSA) is 18.5 Å². The van der Waals surface area contributed by atoms with Crippen molar-refractivity contribution >= 4 is 0 Å². The Kier molecular flexibility index (Phi) is 2.81. The second-order valence-corrected chi connectivity index (χ2v) is 4.11. The number of ether oxygens (including phenoxy) is 2. The smallest absolute Gasteiger partial charge is 0.416 e. The van der Waals surface area contributed by atoms with E-state index in [0.29, 0.717) is 11.3 Å². The molecule has 2 rings (SSSR count). The molecule has 0 N–H and O–H groups in total. The second kappa shape index (κ2) is 3.91. The van der Waals surface area contributed by atoms with Gasteiger partial charge in [0.25, 0.3) is 0 Å². The Hall–Kier alpha value is -1.23. The van der Waals surface area contributed by atoms with Crippen LogP contribution in [0.15, 0.2) is 18.2 Å². The van der Waals surface area contributed by atoms with Crippen molar-refractivity contribution in [3.63, 3.8) is 0 Å². The molecule has 1 fully saturated rings. The van der Waals surface area contributed by atoms with Crippen LogP contribution >= 0.6 is 0 Å². The summed E-state index contributed by atoms with van der Waals surface area (Å²) in [5, 5.41) is 0. The highest BCUT2D eigenvalue weighted by Gasteiger charge is 2.47. The number of halogens is 3. The minimum Gasteiger partial charge on any atom is -0.496 e. The summed E-state index contributed by atoms with van der Waals surface area (Å²) >= 11 is 0. The predicted octanol–water partition coefficient (Wildman–Crippen LogP) is 3.35. The van der Waals surface area contributed by atoms with Crippen molar-refractivity contribution in [1.82, 2.24) is 0 Å². The van der Waals surface area contributed by atoms with Crippen LogP contribution in [0, 0.1) is 0 Å². The van der Waals surface area contributed by atoms with Gasteiger partial charge in [0.1, 0.15) is 5.75 Å². The molecule has 0 heterocycles. The summed E-state index contributed by atoms with van der Waals surface area (Å²) in [7, 11) is 2.95. The van der Waals surface area contributed by atoms with E-state index in [1.54, 1.807) is 0 Å². The molecule has 1 aromatic rings. The molecule has 1 aliphatic rings. The Morgan fingerprint density at radius 3 is 2.24 bits per heavy atom. The van der Waals surface area contributed by atoms with Gasteiger partial charge in [0.05, 0.1) is 18.3 Å². The minimum absolute atomic E-state index is 0.442. The molecule has 2 nitrogen and oxygen atoms in total. The summed E-state index contributed by atoms with van der Waals surface area (Å²) < 4.78 is 48.3. The van der Waals surface area contributed by atoms with Crippen LogP contribution in [0.4, 0.5) is 13.2 Å². The highest BCUT2D eigenvalue weighted by Crippen LogP contribution is 2.52. The lowest BCUT2D eigenvalue weighted by Crippen LogP contribution is -2.13. The average molecular weight is 246 g/mol. The lowest BCUT2D eigenvalue weighted by atomic mass is 10.0. The summed E-state index contributed by atoms with van der Waals surface area (Å²) in [5.74, 6) is 0.442. The van der Waals surface area contributed by atoms with Gasteiger partial charge in [-0.2, -0.15) is 13.2 Å². The zero-order chi connectivity index (χ0) is 12.7. The van der Waals surface area contributed by atoms with E-state index in [1.807, 2.05) is 0 Å². The first-order valence-electron chi connectivity index (χ1n) is 5.24. The molecule has 94 valence electrons. The van der Waals surface area contributed by atoms with E-state index in [9.17, 15) is 13.2 Å². The van der Waals surface area contributed by atoms with Crippen LogP contribution in [0.25, 0.3) is 0 Å². The Balaban J connectivity index is 2.48. The van der Waals surface area contributed by atoms with Crippen molar-refractivity contribution in [3.05, 3.63) is 29.3 Å². The van der Waals surface area contributed by atoms with Crippen LogP contribution < -0.4 is 4.74 Å².